The molecule has 2 amide bonds. The maximum Gasteiger partial charge on any atom is 0.321 e. The molecule has 1 fully saturated rings. The number of likely N-dealkylation sites (tertiary alicyclic amines) is 1. The Hall–Kier alpha value is -1.62. The standard InChI is InChI=1S/C12H15FN2O2/c1-8-6-9(13)2-3-11(8)14-12(17)15-5-4-10(16)7-15/h2-3,6,10,16H,4-5,7H2,1H3,(H,14,17)/t10-/m1/s1. The number of amides is 2. The lowest BCUT2D eigenvalue weighted by atomic mass is 10.2. The van der Waals surface area contributed by atoms with Gasteiger partial charge in [-0.3, -0.25) is 0 Å². The lowest BCUT2D eigenvalue weighted by Crippen LogP contribution is -2.33. The normalized spacial score (nSPS) is 19.5. The number of hydrogen-bond acceptors (Lipinski definition) is 2. The van der Waals surface area contributed by atoms with Crippen molar-refractivity contribution in [2.75, 3.05) is 18.4 Å². The predicted octanol–water partition coefficient (Wildman–Crippen LogP) is 1.73. The van der Waals surface area contributed by atoms with Crippen LogP contribution in [0.3, 0.4) is 0 Å². The fourth-order valence-corrected chi connectivity index (χ4v) is 1.89. The number of hydrogen-bond donors (Lipinski definition) is 2. The number of carbonyl (C=O) groups excluding carboxylic acids is 1. The summed E-state index contributed by atoms with van der Waals surface area (Å²) in [6.45, 7) is 2.64. The first-order chi connectivity index (χ1) is 8.06. The average molecular weight is 238 g/mol. The van der Waals surface area contributed by atoms with Crippen molar-refractivity contribution >= 4 is 11.7 Å². The summed E-state index contributed by atoms with van der Waals surface area (Å²) < 4.78 is 12.9. The van der Waals surface area contributed by atoms with Crippen LogP contribution in [0.25, 0.3) is 0 Å². The van der Waals surface area contributed by atoms with Gasteiger partial charge in [-0.05, 0) is 37.1 Å². The zero-order valence-corrected chi connectivity index (χ0v) is 9.61. The van der Waals surface area contributed by atoms with Gasteiger partial charge in [0.1, 0.15) is 5.82 Å². The van der Waals surface area contributed by atoms with E-state index in [1.807, 2.05) is 0 Å². The van der Waals surface area contributed by atoms with E-state index in [1.165, 1.54) is 18.2 Å². The number of benzene rings is 1. The van der Waals surface area contributed by atoms with Crippen molar-refractivity contribution in [3.05, 3.63) is 29.6 Å². The Labute approximate surface area is 99.0 Å². The Morgan fingerprint density at radius 3 is 2.94 bits per heavy atom. The maximum absolute atomic E-state index is 12.9. The molecule has 5 heteroatoms. The molecule has 1 aromatic rings. The van der Waals surface area contributed by atoms with E-state index in [4.69, 9.17) is 0 Å². The van der Waals surface area contributed by atoms with Gasteiger partial charge in [0, 0.05) is 18.8 Å². The number of aryl methyl sites for hydroxylation is 1. The van der Waals surface area contributed by atoms with Gasteiger partial charge in [0.2, 0.25) is 0 Å². The summed E-state index contributed by atoms with van der Waals surface area (Å²) in [7, 11) is 0. The summed E-state index contributed by atoms with van der Waals surface area (Å²) in [5.41, 5.74) is 1.27. The highest BCUT2D eigenvalue weighted by atomic mass is 19.1. The number of aliphatic hydroxyl groups is 1. The molecule has 0 bridgehead atoms. The summed E-state index contributed by atoms with van der Waals surface area (Å²) in [6, 6.07) is 3.96. The molecule has 0 aromatic heterocycles. The van der Waals surface area contributed by atoms with Crippen LogP contribution >= 0.6 is 0 Å². The van der Waals surface area contributed by atoms with Crippen molar-refractivity contribution in [2.45, 2.75) is 19.4 Å². The molecule has 0 aliphatic carbocycles. The number of rotatable bonds is 1. The lowest BCUT2D eigenvalue weighted by Gasteiger charge is -2.17. The predicted molar refractivity (Wildman–Crippen MR) is 62.4 cm³/mol. The molecular weight excluding hydrogens is 223 g/mol. The third kappa shape index (κ3) is 2.74. The first-order valence-corrected chi connectivity index (χ1v) is 5.56. The molecule has 0 unspecified atom stereocenters. The summed E-state index contributed by atoms with van der Waals surface area (Å²) in [4.78, 5) is 13.4. The van der Waals surface area contributed by atoms with Crippen molar-refractivity contribution in [3.8, 4) is 0 Å². The smallest absolute Gasteiger partial charge is 0.321 e. The minimum atomic E-state index is -0.435. The SMILES string of the molecule is Cc1cc(F)ccc1NC(=O)N1CC[C@@H](O)C1. The van der Waals surface area contributed by atoms with E-state index in [9.17, 15) is 14.3 Å². The molecule has 1 aromatic carbocycles. The Morgan fingerprint density at radius 1 is 1.59 bits per heavy atom. The summed E-state index contributed by atoms with van der Waals surface area (Å²) in [6.07, 6.45) is 0.172. The Bertz CT molecular complexity index is 437. The Balaban J connectivity index is 2.03. The highest BCUT2D eigenvalue weighted by Gasteiger charge is 2.24. The number of aliphatic hydroxyl groups excluding tert-OH is 1. The lowest BCUT2D eigenvalue weighted by molar-refractivity contribution is 0.176. The Kier molecular flexibility index (Phi) is 3.28. The van der Waals surface area contributed by atoms with Crippen LogP contribution in [0.2, 0.25) is 0 Å². The van der Waals surface area contributed by atoms with Crippen LogP contribution in [0.4, 0.5) is 14.9 Å². The van der Waals surface area contributed by atoms with Gasteiger partial charge in [-0.25, -0.2) is 9.18 Å². The van der Waals surface area contributed by atoms with Gasteiger partial charge >= 0.3 is 6.03 Å². The summed E-state index contributed by atoms with van der Waals surface area (Å²) >= 11 is 0. The number of β-amino-alcohol motifs (C(OH)–C–C–N with tert-alkyl or cyclic N) is 1. The van der Waals surface area contributed by atoms with Crippen molar-refractivity contribution < 1.29 is 14.3 Å². The van der Waals surface area contributed by atoms with E-state index in [1.54, 1.807) is 11.8 Å². The number of anilines is 1. The minimum absolute atomic E-state index is 0.253. The van der Waals surface area contributed by atoms with Gasteiger partial charge < -0.3 is 15.3 Å². The molecule has 92 valence electrons. The summed E-state index contributed by atoms with van der Waals surface area (Å²) in [5, 5.41) is 12.0. The number of nitrogens with one attached hydrogen (secondary N) is 1. The second kappa shape index (κ2) is 4.71. The molecule has 1 aliphatic heterocycles. The van der Waals surface area contributed by atoms with E-state index in [2.05, 4.69) is 5.32 Å². The average Bonchev–Trinajstić information content (AvgIpc) is 2.69. The third-order valence-corrected chi connectivity index (χ3v) is 2.88. The van der Waals surface area contributed by atoms with Crippen LogP contribution in [-0.4, -0.2) is 35.2 Å². The molecule has 1 heterocycles. The molecule has 2 N–H and O–H groups in total. The van der Waals surface area contributed by atoms with E-state index in [0.717, 1.165) is 0 Å². The number of halogens is 1. The van der Waals surface area contributed by atoms with Crippen molar-refractivity contribution in [1.29, 1.82) is 0 Å². The van der Waals surface area contributed by atoms with Gasteiger partial charge in [-0.1, -0.05) is 0 Å². The zero-order valence-electron chi connectivity index (χ0n) is 9.61. The monoisotopic (exact) mass is 238 g/mol. The fraction of sp³-hybridized carbons (Fsp3) is 0.417. The van der Waals surface area contributed by atoms with Crippen molar-refractivity contribution in [1.82, 2.24) is 4.90 Å². The molecule has 1 atom stereocenters. The van der Waals surface area contributed by atoms with Crippen LogP contribution in [0, 0.1) is 12.7 Å². The second-order valence-corrected chi connectivity index (χ2v) is 4.28. The zero-order chi connectivity index (χ0) is 12.4. The van der Waals surface area contributed by atoms with Gasteiger partial charge in [0.15, 0.2) is 0 Å². The third-order valence-electron chi connectivity index (χ3n) is 2.88. The molecule has 17 heavy (non-hydrogen) atoms. The van der Waals surface area contributed by atoms with Crippen molar-refractivity contribution in [3.63, 3.8) is 0 Å². The first kappa shape index (κ1) is 11.9. The summed E-state index contributed by atoms with van der Waals surface area (Å²) in [5.74, 6) is -0.322. The van der Waals surface area contributed by atoms with E-state index in [-0.39, 0.29) is 11.8 Å². The number of urea groups is 1. The number of carbonyl (C=O) groups is 1. The molecule has 1 aliphatic rings. The molecule has 0 spiro atoms. The maximum atomic E-state index is 12.9. The molecule has 2 rings (SSSR count). The highest BCUT2D eigenvalue weighted by Crippen LogP contribution is 2.17. The highest BCUT2D eigenvalue weighted by molar-refractivity contribution is 5.90. The second-order valence-electron chi connectivity index (χ2n) is 4.28. The van der Waals surface area contributed by atoms with Gasteiger partial charge in [-0.2, -0.15) is 0 Å². The molecular formula is C12H15FN2O2. The van der Waals surface area contributed by atoms with E-state index < -0.39 is 6.10 Å². The van der Waals surface area contributed by atoms with E-state index >= 15 is 0 Å². The molecule has 4 nitrogen and oxygen atoms in total. The quantitative estimate of drug-likeness (QED) is 0.783. The van der Waals surface area contributed by atoms with Gasteiger partial charge in [0.25, 0.3) is 0 Å². The number of nitrogens with zero attached hydrogens (tertiary/aromatic N) is 1. The fourth-order valence-electron chi connectivity index (χ4n) is 1.89. The minimum Gasteiger partial charge on any atom is -0.391 e. The molecule has 1 saturated heterocycles. The van der Waals surface area contributed by atoms with Gasteiger partial charge in [-0.15, -0.1) is 0 Å². The van der Waals surface area contributed by atoms with Gasteiger partial charge in [0.05, 0.1) is 6.10 Å². The van der Waals surface area contributed by atoms with E-state index in [0.29, 0.717) is 30.8 Å². The largest absolute Gasteiger partial charge is 0.391 e. The van der Waals surface area contributed by atoms with Crippen LogP contribution < -0.4 is 5.32 Å². The topological polar surface area (TPSA) is 52.6 Å². The first-order valence-electron chi connectivity index (χ1n) is 5.56. The molecule has 0 saturated carbocycles. The molecule has 0 radical (unpaired) electrons. The van der Waals surface area contributed by atoms with Crippen LogP contribution in [-0.2, 0) is 0 Å². The van der Waals surface area contributed by atoms with Crippen LogP contribution in [0.15, 0.2) is 18.2 Å². The van der Waals surface area contributed by atoms with Crippen LogP contribution in [0.1, 0.15) is 12.0 Å². The Morgan fingerprint density at radius 2 is 2.35 bits per heavy atom. The van der Waals surface area contributed by atoms with Crippen LogP contribution in [0.5, 0.6) is 0 Å². The van der Waals surface area contributed by atoms with Crippen molar-refractivity contribution in [2.24, 2.45) is 0 Å².